The zero-order valence-corrected chi connectivity index (χ0v) is 9.14. The summed E-state index contributed by atoms with van der Waals surface area (Å²) in [5, 5.41) is 0. The topological polar surface area (TPSA) is 3.24 Å². The van der Waals surface area contributed by atoms with Crippen molar-refractivity contribution in [2.75, 3.05) is 19.6 Å². The van der Waals surface area contributed by atoms with E-state index in [2.05, 4.69) is 31.7 Å². The highest BCUT2D eigenvalue weighted by Gasteiger charge is 2.39. The fraction of sp³-hybridized carbons (Fsp3) is 0.833. The van der Waals surface area contributed by atoms with Crippen molar-refractivity contribution in [1.82, 2.24) is 4.90 Å². The Morgan fingerprint density at radius 1 is 1.54 bits per heavy atom. The Hall–Kier alpha value is -0.300. The van der Waals surface area contributed by atoms with Crippen LogP contribution in [0.25, 0.3) is 0 Å². The molecule has 0 radical (unpaired) electrons. The number of nitrogens with zero attached hydrogens (tertiary/aromatic N) is 1. The van der Waals surface area contributed by atoms with Gasteiger partial charge in [0.05, 0.1) is 0 Å². The highest BCUT2D eigenvalue weighted by atomic mass is 15.1. The maximum Gasteiger partial charge on any atom is 0.0190 e. The van der Waals surface area contributed by atoms with Crippen LogP contribution in [0.5, 0.6) is 0 Å². The van der Waals surface area contributed by atoms with Crippen LogP contribution in [0.4, 0.5) is 0 Å². The van der Waals surface area contributed by atoms with Gasteiger partial charge in [-0.3, -0.25) is 4.90 Å². The van der Waals surface area contributed by atoms with Crippen LogP contribution in [-0.4, -0.2) is 24.5 Å². The fourth-order valence-electron chi connectivity index (χ4n) is 2.45. The number of rotatable bonds is 2. The summed E-state index contributed by atoms with van der Waals surface area (Å²) in [6, 6.07) is 0. The molecule has 2 rings (SSSR count). The van der Waals surface area contributed by atoms with Crippen LogP contribution < -0.4 is 0 Å². The lowest BCUT2D eigenvalue weighted by molar-refractivity contribution is 0.217. The lowest BCUT2D eigenvalue weighted by Crippen LogP contribution is -2.37. The molecule has 1 fully saturated rings. The summed E-state index contributed by atoms with van der Waals surface area (Å²) in [5.41, 5.74) is 2.24. The molecule has 0 aromatic rings. The van der Waals surface area contributed by atoms with E-state index in [4.69, 9.17) is 0 Å². The average molecular weight is 179 g/mol. The van der Waals surface area contributed by atoms with Gasteiger partial charge in [-0.2, -0.15) is 0 Å². The van der Waals surface area contributed by atoms with Gasteiger partial charge in [0, 0.05) is 19.6 Å². The van der Waals surface area contributed by atoms with Crippen LogP contribution >= 0.6 is 0 Å². The molecule has 13 heavy (non-hydrogen) atoms. The Kier molecular flexibility index (Phi) is 2.23. The van der Waals surface area contributed by atoms with Crippen molar-refractivity contribution < 1.29 is 0 Å². The van der Waals surface area contributed by atoms with Gasteiger partial charge in [-0.15, -0.1) is 0 Å². The highest BCUT2D eigenvalue weighted by Crippen LogP contribution is 2.45. The maximum atomic E-state index is 2.63. The van der Waals surface area contributed by atoms with Crippen LogP contribution in [0, 0.1) is 11.3 Å². The van der Waals surface area contributed by atoms with E-state index in [1.54, 1.807) is 5.57 Å². The summed E-state index contributed by atoms with van der Waals surface area (Å²) in [5.74, 6) is 0.760. The first-order chi connectivity index (χ1) is 6.07. The van der Waals surface area contributed by atoms with E-state index in [-0.39, 0.29) is 0 Å². The molecular formula is C12H21N. The van der Waals surface area contributed by atoms with Crippen molar-refractivity contribution in [2.24, 2.45) is 11.3 Å². The molecule has 0 spiro atoms. The molecule has 1 unspecified atom stereocenters. The maximum absolute atomic E-state index is 2.63. The summed E-state index contributed by atoms with van der Waals surface area (Å²) >= 11 is 0. The van der Waals surface area contributed by atoms with Gasteiger partial charge in [0.15, 0.2) is 0 Å². The summed E-state index contributed by atoms with van der Waals surface area (Å²) in [4.78, 5) is 2.63. The molecule has 1 heterocycles. The van der Waals surface area contributed by atoms with Crippen molar-refractivity contribution in [1.29, 1.82) is 0 Å². The molecule has 0 amide bonds. The molecule has 1 nitrogen and oxygen atoms in total. The smallest absolute Gasteiger partial charge is 0.0190 e. The summed E-state index contributed by atoms with van der Waals surface area (Å²) in [6.45, 7) is 10.8. The van der Waals surface area contributed by atoms with Crippen LogP contribution in [-0.2, 0) is 0 Å². The lowest BCUT2D eigenvalue weighted by Gasteiger charge is -2.31. The third kappa shape index (κ3) is 2.34. The summed E-state index contributed by atoms with van der Waals surface area (Å²) in [6.07, 6.45) is 5.31. The standard InChI is InChI=1S/C12H21N/c1-10-6-11(2)8-13(7-10)9-12(3)4-5-12/h6,10H,4-5,7-9H2,1-3H3. The van der Waals surface area contributed by atoms with E-state index in [1.807, 2.05) is 0 Å². The molecule has 0 aromatic heterocycles. The largest absolute Gasteiger partial charge is 0.298 e. The lowest BCUT2D eigenvalue weighted by atomic mass is 10.0. The van der Waals surface area contributed by atoms with Gasteiger partial charge in [0.1, 0.15) is 0 Å². The predicted molar refractivity (Wildman–Crippen MR) is 56.7 cm³/mol. The van der Waals surface area contributed by atoms with Crippen LogP contribution in [0.1, 0.15) is 33.6 Å². The quantitative estimate of drug-likeness (QED) is 0.589. The molecule has 1 atom stereocenters. The van der Waals surface area contributed by atoms with Crippen molar-refractivity contribution in [3.05, 3.63) is 11.6 Å². The van der Waals surface area contributed by atoms with Gasteiger partial charge < -0.3 is 0 Å². The number of hydrogen-bond donors (Lipinski definition) is 0. The molecule has 1 aliphatic carbocycles. The van der Waals surface area contributed by atoms with Crippen LogP contribution in [0.2, 0.25) is 0 Å². The Morgan fingerprint density at radius 2 is 2.23 bits per heavy atom. The van der Waals surface area contributed by atoms with Crippen molar-refractivity contribution >= 4 is 0 Å². The summed E-state index contributed by atoms with van der Waals surface area (Å²) in [7, 11) is 0. The van der Waals surface area contributed by atoms with Gasteiger partial charge in [-0.1, -0.05) is 25.5 Å². The Balaban J connectivity index is 1.91. The van der Waals surface area contributed by atoms with Gasteiger partial charge in [-0.25, -0.2) is 0 Å². The van der Waals surface area contributed by atoms with Crippen LogP contribution in [0.15, 0.2) is 11.6 Å². The van der Waals surface area contributed by atoms with Gasteiger partial charge in [0.2, 0.25) is 0 Å². The Labute approximate surface area is 81.8 Å². The van der Waals surface area contributed by atoms with Crippen molar-refractivity contribution in [2.45, 2.75) is 33.6 Å². The molecule has 1 heteroatoms. The predicted octanol–water partition coefficient (Wildman–Crippen LogP) is 2.68. The van der Waals surface area contributed by atoms with E-state index < -0.39 is 0 Å². The van der Waals surface area contributed by atoms with Gasteiger partial charge >= 0.3 is 0 Å². The molecule has 0 saturated heterocycles. The van der Waals surface area contributed by atoms with Crippen molar-refractivity contribution in [3.63, 3.8) is 0 Å². The second-order valence-corrected chi connectivity index (χ2v) is 5.47. The minimum absolute atomic E-state index is 0.678. The SMILES string of the molecule is CC1=CC(C)CN(CC2(C)CC2)C1. The van der Waals surface area contributed by atoms with Gasteiger partial charge in [0.25, 0.3) is 0 Å². The normalized spacial score (nSPS) is 32.8. The third-order valence-corrected chi connectivity index (χ3v) is 3.30. The molecule has 0 N–H and O–H groups in total. The first-order valence-electron chi connectivity index (χ1n) is 5.47. The van der Waals surface area contributed by atoms with E-state index in [0.717, 1.165) is 5.92 Å². The monoisotopic (exact) mass is 179 g/mol. The number of hydrogen-bond acceptors (Lipinski definition) is 1. The van der Waals surface area contributed by atoms with E-state index in [9.17, 15) is 0 Å². The zero-order valence-electron chi connectivity index (χ0n) is 9.14. The second kappa shape index (κ2) is 3.13. The highest BCUT2D eigenvalue weighted by molar-refractivity contribution is 5.08. The van der Waals surface area contributed by atoms with E-state index in [0.29, 0.717) is 5.41 Å². The fourth-order valence-corrected chi connectivity index (χ4v) is 2.45. The molecular weight excluding hydrogens is 158 g/mol. The minimum atomic E-state index is 0.678. The molecule has 2 aliphatic rings. The molecule has 74 valence electrons. The molecule has 0 bridgehead atoms. The van der Waals surface area contributed by atoms with E-state index >= 15 is 0 Å². The Bertz CT molecular complexity index is 225. The third-order valence-electron chi connectivity index (χ3n) is 3.30. The van der Waals surface area contributed by atoms with E-state index in [1.165, 1.54) is 32.5 Å². The summed E-state index contributed by atoms with van der Waals surface area (Å²) < 4.78 is 0. The molecule has 0 aromatic carbocycles. The first kappa shape index (κ1) is 9.26. The Morgan fingerprint density at radius 3 is 2.77 bits per heavy atom. The first-order valence-corrected chi connectivity index (χ1v) is 5.47. The van der Waals surface area contributed by atoms with Crippen molar-refractivity contribution in [3.8, 4) is 0 Å². The second-order valence-electron chi connectivity index (χ2n) is 5.47. The minimum Gasteiger partial charge on any atom is -0.298 e. The molecule has 1 saturated carbocycles. The van der Waals surface area contributed by atoms with Gasteiger partial charge in [-0.05, 0) is 31.1 Å². The average Bonchev–Trinajstić information content (AvgIpc) is 2.64. The zero-order chi connectivity index (χ0) is 9.47. The van der Waals surface area contributed by atoms with Crippen LogP contribution in [0.3, 0.4) is 0 Å². The molecule has 1 aliphatic heterocycles.